The van der Waals surface area contributed by atoms with Crippen LogP contribution >= 0.6 is 0 Å². The molecular formula is C17H19NO2. The predicted molar refractivity (Wildman–Crippen MR) is 81.2 cm³/mol. The molecular weight excluding hydrogens is 250 g/mol. The van der Waals surface area contributed by atoms with Crippen LogP contribution in [-0.2, 0) is 4.79 Å². The molecule has 0 fully saturated rings. The van der Waals surface area contributed by atoms with Crippen molar-refractivity contribution < 1.29 is 9.53 Å². The van der Waals surface area contributed by atoms with Crippen LogP contribution in [0.5, 0.6) is 5.75 Å². The van der Waals surface area contributed by atoms with Gasteiger partial charge >= 0.3 is 0 Å². The highest BCUT2D eigenvalue weighted by atomic mass is 16.5. The maximum atomic E-state index is 11.8. The molecule has 0 aliphatic rings. The molecule has 104 valence electrons. The fourth-order valence-corrected chi connectivity index (χ4v) is 1.86. The molecule has 2 aromatic rings. The maximum absolute atomic E-state index is 11.8. The third-order valence-electron chi connectivity index (χ3n) is 3.25. The van der Waals surface area contributed by atoms with Crippen LogP contribution < -0.4 is 10.1 Å². The average Bonchev–Trinajstić information content (AvgIpc) is 2.43. The molecule has 3 nitrogen and oxygen atoms in total. The Bertz CT molecular complexity index is 603. The second kappa shape index (κ2) is 6.24. The number of carbonyl (C=O) groups is 1. The van der Waals surface area contributed by atoms with Crippen molar-refractivity contribution in [1.82, 2.24) is 0 Å². The summed E-state index contributed by atoms with van der Waals surface area (Å²) in [7, 11) is 0. The minimum Gasteiger partial charge on any atom is -0.483 e. The average molecular weight is 269 g/mol. The van der Waals surface area contributed by atoms with Gasteiger partial charge in [0.15, 0.2) is 6.61 Å². The van der Waals surface area contributed by atoms with Crippen LogP contribution in [0.3, 0.4) is 0 Å². The Balaban J connectivity index is 1.92. The number of rotatable bonds is 4. The molecule has 0 atom stereocenters. The van der Waals surface area contributed by atoms with Gasteiger partial charge in [-0.1, -0.05) is 29.8 Å². The van der Waals surface area contributed by atoms with Crippen LogP contribution in [0.4, 0.5) is 5.69 Å². The van der Waals surface area contributed by atoms with E-state index in [9.17, 15) is 4.79 Å². The van der Waals surface area contributed by atoms with Crippen LogP contribution in [0, 0.1) is 20.8 Å². The molecule has 2 aromatic carbocycles. The van der Waals surface area contributed by atoms with Gasteiger partial charge in [-0.25, -0.2) is 0 Å². The SMILES string of the molecule is Cc1ccc(NC(=O)COc2cccc(C)c2C)cc1. The fourth-order valence-electron chi connectivity index (χ4n) is 1.86. The third kappa shape index (κ3) is 3.60. The molecule has 0 unspecified atom stereocenters. The van der Waals surface area contributed by atoms with Crippen molar-refractivity contribution in [2.75, 3.05) is 11.9 Å². The Hall–Kier alpha value is -2.29. The zero-order valence-electron chi connectivity index (χ0n) is 12.1. The number of ether oxygens (including phenoxy) is 1. The minimum atomic E-state index is -0.158. The number of hydrogen-bond acceptors (Lipinski definition) is 2. The number of hydrogen-bond donors (Lipinski definition) is 1. The van der Waals surface area contributed by atoms with Gasteiger partial charge in [-0.05, 0) is 50.1 Å². The topological polar surface area (TPSA) is 38.3 Å². The van der Waals surface area contributed by atoms with E-state index in [0.29, 0.717) is 0 Å². The van der Waals surface area contributed by atoms with Crippen molar-refractivity contribution in [3.8, 4) is 5.75 Å². The zero-order chi connectivity index (χ0) is 14.5. The van der Waals surface area contributed by atoms with E-state index in [0.717, 1.165) is 28.1 Å². The van der Waals surface area contributed by atoms with Crippen LogP contribution in [0.2, 0.25) is 0 Å². The van der Waals surface area contributed by atoms with Gasteiger partial charge in [0.25, 0.3) is 5.91 Å². The van der Waals surface area contributed by atoms with Gasteiger partial charge in [-0.3, -0.25) is 4.79 Å². The lowest BCUT2D eigenvalue weighted by atomic mass is 10.1. The Morgan fingerprint density at radius 1 is 1.05 bits per heavy atom. The van der Waals surface area contributed by atoms with Gasteiger partial charge in [0.2, 0.25) is 0 Å². The molecule has 0 aliphatic carbocycles. The van der Waals surface area contributed by atoms with E-state index in [1.165, 1.54) is 0 Å². The lowest BCUT2D eigenvalue weighted by Gasteiger charge is -2.11. The van der Waals surface area contributed by atoms with Gasteiger partial charge in [0, 0.05) is 5.69 Å². The van der Waals surface area contributed by atoms with E-state index in [-0.39, 0.29) is 12.5 Å². The highest BCUT2D eigenvalue weighted by Crippen LogP contribution is 2.20. The molecule has 0 radical (unpaired) electrons. The summed E-state index contributed by atoms with van der Waals surface area (Å²) < 4.78 is 5.56. The summed E-state index contributed by atoms with van der Waals surface area (Å²) in [6.45, 7) is 6.03. The summed E-state index contributed by atoms with van der Waals surface area (Å²) in [6.07, 6.45) is 0. The lowest BCUT2D eigenvalue weighted by molar-refractivity contribution is -0.118. The third-order valence-corrected chi connectivity index (χ3v) is 3.25. The Kier molecular flexibility index (Phi) is 4.41. The van der Waals surface area contributed by atoms with Crippen molar-refractivity contribution in [3.63, 3.8) is 0 Å². The zero-order valence-corrected chi connectivity index (χ0v) is 12.1. The Morgan fingerprint density at radius 2 is 1.75 bits per heavy atom. The van der Waals surface area contributed by atoms with Gasteiger partial charge in [0.05, 0.1) is 0 Å². The number of amides is 1. The molecule has 0 bridgehead atoms. The second-order valence-corrected chi connectivity index (χ2v) is 4.90. The van der Waals surface area contributed by atoms with Crippen molar-refractivity contribution >= 4 is 11.6 Å². The highest BCUT2D eigenvalue weighted by molar-refractivity contribution is 5.91. The normalized spacial score (nSPS) is 10.2. The number of anilines is 1. The van der Waals surface area contributed by atoms with Gasteiger partial charge < -0.3 is 10.1 Å². The summed E-state index contributed by atoms with van der Waals surface area (Å²) in [5, 5.41) is 2.81. The number of carbonyl (C=O) groups excluding carboxylic acids is 1. The summed E-state index contributed by atoms with van der Waals surface area (Å²) in [5.74, 6) is 0.596. The van der Waals surface area contributed by atoms with E-state index in [1.54, 1.807) is 0 Å². The quantitative estimate of drug-likeness (QED) is 0.920. The first-order chi connectivity index (χ1) is 9.56. The Morgan fingerprint density at radius 3 is 2.45 bits per heavy atom. The fraction of sp³-hybridized carbons (Fsp3) is 0.235. The summed E-state index contributed by atoms with van der Waals surface area (Å²) in [5.41, 5.74) is 4.16. The second-order valence-electron chi connectivity index (χ2n) is 4.90. The van der Waals surface area contributed by atoms with Crippen molar-refractivity contribution in [2.45, 2.75) is 20.8 Å². The van der Waals surface area contributed by atoms with Crippen LogP contribution in [0.25, 0.3) is 0 Å². The van der Waals surface area contributed by atoms with E-state index in [4.69, 9.17) is 4.74 Å². The summed E-state index contributed by atoms with van der Waals surface area (Å²) in [6, 6.07) is 13.5. The van der Waals surface area contributed by atoms with Gasteiger partial charge in [-0.15, -0.1) is 0 Å². The molecule has 1 amide bonds. The van der Waals surface area contributed by atoms with Crippen LogP contribution in [-0.4, -0.2) is 12.5 Å². The number of benzene rings is 2. The number of nitrogens with one attached hydrogen (secondary N) is 1. The van der Waals surface area contributed by atoms with E-state index in [2.05, 4.69) is 5.32 Å². The number of aryl methyl sites for hydroxylation is 2. The first kappa shape index (κ1) is 14.1. The molecule has 0 aliphatic heterocycles. The van der Waals surface area contributed by atoms with E-state index < -0.39 is 0 Å². The maximum Gasteiger partial charge on any atom is 0.262 e. The van der Waals surface area contributed by atoms with Crippen molar-refractivity contribution in [1.29, 1.82) is 0 Å². The molecule has 0 spiro atoms. The van der Waals surface area contributed by atoms with Crippen molar-refractivity contribution in [2.24, 2.45) is 0 Å². The van der Waals surface area contributed by atoms with Crippen molar-refractivity contribution in [3.05, 3.63) is 59.2 Å². The van der Waals surface area contributed by atoms with Gasteiger partial charge in [-0.2, -0.15) is 0 Å². The molecule has 3 heteroatoms. The molecule has 0 saturated heterocycles. The summed E-state index contributed by atoms with van der Waals surface area (Å²) in [4.78, 5) is 11.8. The monoisotopic (exact) mass is 269 g/mol. The molecule has 0 heterocycles. The molecule has 20 heavy (non-hydrogen) atoms. The first-order valence-electron chi connectivity index (χ1n) is 6.62. The Labute approximate surface area is 119 Å². The summed E-state index contributed by atoms with van der Waals surface area (Å²) >= 11 is 0. The standard InChI is InChI=1S/C17H19NO2/c1-12-7-9-15(10-8-12)18-17(19)11-20-16-6-4-5-13(2)14(16)3/h4-10H,11H2,1-3H3,(H,18,19). The van der Waals surface area contributed by atoms with E-state index in [1.807, 2.05) is 63.2 Å². The minimum absolute atomic E-state index is 0.0121. The molecule has 2 rings (SSSR count). The smallest absolute Gasteiger partial charge is 0.262 e. The lowest BCUT2D eigenvalue weighted by Crippen LogP contribution is -2.20. The molecule has 0 saturated carbocycles. The highest BCUT2D eigenvalue weighted by Gasteiger charge is 2.06. The predicted octanol–water partition coefficient (Wildman–Crippen LogP) is 3.63. The first-order valence-corrected chi connectivity index (χ1v) is 6.62. The largest absolute Gasteiger partial charge is 0.483 e. The van der Waals surface area contributed by atoms with Gasteiger partial charge in [0.1, 0.15) is 5.75 Å². The molecule has 0 aromatic heterocycles. The van der Waals surface area contributed by atoms with Crippen LogP contribution in [0.1, 0.15) is 16.7 Å². The molecule has 1 N–H and O–H groups in total. The van der Waals surface area contributed by atoms with E-state index >= 15 is 0 Å². The van der Waals surface area contributed by atoms with Crippen LogP contribution in [0.15, 0.2) is 42.5 Å².